The van der Waals surface area contributed by atoms with Gasteiger partial charge in [-0.15, -0.1) is 0 Å². The summed E-state index contributed by atoms with van der Waals surface area (Å²) in [6.07, 6.45) is 13.4. The third-order valence-electron chi connectivity index (χ3n) is 8.83. The lowest BCUT2D eigenvalue weighted by Crippen LogP contribution is -2.16. The second kappa shape index (κ2) is 62.3. The summed E-state index contributed by atoms with van der Waals surface area (Å²) in [4.78, 5) is 0. The van der Waals surface area contributed by atoms with E-state index < -0.39 is 0 Å². The van der Waals surface area contributed by atoms with E-state index in [-0.39, 0.29) is 6.61 Å². The Hall–Kier alpha value is -0.720. The molecule has 0 aromatic rings. The van der Waals surface area contributed by atoms with Crippen LogP contribution < -0.4 is 0 Å². The topological polar surface area (TPSA) is 177 Å². The number of aliphatic hydroxyl groups is 1. The highest BCUT2D eigenvalue weighted by Gasteiger charge is 1.99. The highest BCUT2D eigenvalue weighted by Crippen LogP contribution is 2.10. The van der Waals surface area contributed by atoms with Crippen molar-refractivity contribution in [2.24, 2.45) is 0 Å². The molecule has 18 heteroatoms. The Labute approximate surface area is 387 Å². The third kappa shape index (κ3) is 61.3. The Bertz CT molecular complexity index is 731. The lowest BCUT2D eigenvalue weighted by molar-refractivity contribution is -0.0308. The Kier molecular flexibility index (Phi) is 61.6. The molecule has 0 unspecified atom stereocenters. The van der Waals surface area contributed by atoms with Crippen molar-refractivity contribution >= 4 is 0 Å². The number of rotatable bonds is 61. The van der Waals surface area contributed by atoms with E-state index in [2.05, 4.69) is 6.92 Å². The molecule has 0 aliphatic carbocycles. The number of hydrogen-bond acceptors (Lipinski definition) is 18. The fourth-order valence-corrected chi connectivity index (χ4v) is 5.38. The first-order valence-electron chi connectivity index (χ1n) is 24.3. The Morgan fingerprint density at radius 3 is 0.484 bits per heavy atom. The molecule has 0 fully saturated rings. The van der Waals surface area contributed by atoms with Crippen molar-refractivity contribution in [3.05, 3.63) is 0 Å². The van der Waals surface area contributed by atoms with E-state index in [9.17, 15) is 0 Å². The average Bonchev–Trinajstić information content (AvgIpc) is 3.31. The number of ether oxygens (including phenoxy) is 17. The minimum Gasteiger partial charge on any atom is -0.394 e. The first-order chi connectivity index (χ1) is 31.9. The molecule has 0 amide bonds. The van der Waals surface area contributed by atoms with Crippen LogP contribution in [-0.2, 0) is 80.5 Å². The number of aliphatic hydroxyl groups excluding tert-OH is 1. The fourth-order valence-electron chi connectivity index (χ4n) is 5.38. The van der Waals surface area contributed by atoms with Crippen molar-refractivity contribution in [2.75, 3.05) is 231 Å². The van der Waals surface area contributed by atoms with Crippen LogP contribution >= 0.6 is 0 Å². The molecule has 386 valence electrons. The van der Waals surface area contributed by atoms with Crippen LogP contribution in [0.25, 0.3) is 0 Å². The van der Waals surface area contributed by atoms with Gasteiger partial charge in [-0.1, -0.05) is 64.7 Å². The van der Waals surface area contributed by atoms with E-state index in [1.807, 2.05) is 0 Å². The van der Waals surface area contributed by atoms with Gasteiger partial charge in [-0.25, -0.2) is 0 Å². The molecule has 0 saturated heterocycles. The smallest absolute Gasteiger partial charge is 0.0701 e. The quantitative estimate of drug-likeness (QED) is 0.0859. The van der Waals surface area contributed by atoms with E-state index in [0.29, 0.717) is 218 Å². The molecule has 0 aliphatic rings. The molecule has 0 rings (SSSR count). The lowest BCUT2D eigenvalue weighted by atomic mass is 10.1. The second-order valence-corrected chi connectivity index (χ2v) is 14.3. The van der Waals surface area contributed by atoms with Crippen molar-refractivity contribution in [3.63, 3.8) is 0 Å². The zero-order valence-electron chi connectivity index (χ0n) is 40.2. The molecular weight excluding hydrogens is 840 g/mol. The first-order valence-corrected chi connectivity index (χ1v) is 24.3. The van der Waals surface area contributed by atoms with Gasteiger partial charge in [-0.2, -0.15) is 0 Å². The molecule has 18 nitrogen and oxygen atoms in total. The van der Waals surface area contributed by atoms with Crippen LogP contribution in [0.15, 0.2) is 0 Å². The van der Waals surface area contributed by atoms with Crippen molar-refractivity contribution in [3.8, 4) is 0 Å². The van der Waals surface area contributed by atoms with Crippen molar-refractivity contribution in [1.82, 2.24) is 0 Å². The van der Waals surface area contributed by atoms with E-state index in [1.165, 1.54) is 57.8 Å². The van der Waals surface area contributed by atoms with E-state index in [1.54, 1.807) is 0 Å². The van der Waals surface area contributed by atoms with Gasteiger partial charge in [0, 0.05) is 6.61 Å². The van der Waals surface area contributed by atoms with E-state index in [0.717, 1.165) is 13.0 Å². The van der Waals surface area contributed by atoms with Gasteiger partial charge in [0.05, 0.1) is 225 Å². The summed E-state index contributed by atoms with van der Waals surface area (Å²) in [6.45, 7) is 19.9. The monoisotopic (exact) mass is 935 g/mol. The predicted octanol–water partition coefficient (Wildman–Crippen LogP) is 4.18. The molecule has 0 aromatic heterocycles. The van der Waals surface area contributed by atoms with E-state index in [4.69, 9.17) is 85.6 Å². The molecular formula is C46H94O18. The maximum atomic E-state index is 8.60. The summed E-state index contributed by atoms with van der Waals surface area (Å²) in [5.41, 5.74) is 0. The van der Waals surface area contributed by atoms with Crippen LogP contribution in [0.5, 0.6) is 0 Å². The SMILES string of the molecule is CCCCCCCCCCCCOCCOCCOCCOCCOCCOCCOCCOCCOCCOCCOCCOCCOCCOCCOCCOCCOCCO. The zero-order valence-corrected chi connectivity index (χ0v) is 40.2. The van der Waals surface area contributed by atoms with Gasteiger partial charge in [0.25, 0.3) is 0 Å². The Morgan fingerprint density at radius 2 is 0.312 bits per heavy atom. The summed E-state index contributed by atoms with van der Waals surface area (Å²) in [5, 5.41) is 8.60. The molecule has 0 radical (unpaired) electrons. The second-order valence-electron chi connectivity index (χ2n) is 14.3. The van der Waals surface area contributed by atoms with Gasteiger partial charge < -0.3 is 85.6 Å². The lowest BCUT2D eigenvalue weighted by Gasteiger charge is -2.09. The highest BCUT2D eigenvalue weighted by atomic mass is 16.6. The van der Waals surface area contributed by atoms with Crippen LogP contribution in [0.4, 0.5) is 0 Å². The standard InChI is InChI=1S/C46H94O18/c1-2-3-4-5-6-7-8-9-10-11-13-48-15-17-50-19-21-52-23-25-54-27-29-56-31-33-58-35-37-60-39-41-62-43-45-64-46-44-63-42-40-61-38-36-59-34-32-57-30-28-55-26-24-53-22-20-51-18-16-49-14-12-47/h47H,2-46H2,1H3. The summed E-state index contributed by atoms with van der Waals surface area (Å²) < 4.78 is 93.2. The van der Waals surface area contributed by atoms with E-state index >= 15 is 0 Å². The van der Waals surface area contributed by atoms with Crippen molar-refractivity contribution in [1.29, 1.82) is 0 Å². The molecule has 64 heavy (non-hydrogen) atoms. The molecule has 0 aliphatic heterocycles. The number of unbranched alkanes of at least 4 members (excludes halogenated alkanes) is 9. The van der Waals surface area contributed by atoms with Gasteiger partial charge in [-0.05, 0) is 6.42 Å². The van der Waals surface area contributed by atoms with Gasteiger partial charge in [0.15, 0.2) is 0 Å². The largest absolute Gasteiger partial charge is 0.394 e. The van der Waals surface area contributed by atoms with Crippen molar-refractivity contribution < 1.29 is 85.6 Å². The molecule has 0 bridgehead atoms. The Morgan fingerprint density at radius 1 is 0.172 bits per heavy atom. The van der Waals surface area contributed by atoms with Crippen LogP contribution in [0.2, 0.25) is 0 Å². The molecule has 0 spiro atoms. The maximum Gasteiger partial charge on any atom is 0.0701 e. The van der Waals surface area contributed by atoms with Crippen molar-refractivity contribution in [2.45, 2.75) is 71.1 Å². The summed E-state index contributed by atoms with van der Waals surface area (Å²) in [7, 11) is 0. The summed E-state index contributed by atoms with van der Waals surface area (Å²) in [5.74, 6) is 0. The Balaban J connectivity index is 3.06. The average molecular weight is 935 g/mol. The summed E-state index contributed by atoms with van der Waals surface area (Å²) >= 11 is 0. The first kappa shape index (κ1) is 63.3. The highest BCUT2D eigenvalue weighted by molar-refractivity contribution is 4.48. The maximum absolute atomic E-state index is 8.60. The minimum atomic E-state index is 0.0220. The molecule has 0 aromatic carbocycles. The molecule has 0 saturated carbocycles. The number of hydrogen-bond donors (Lipinski definition) is 1. The normalized spacial score (nSPS) is 11.7. The van der Waals surface area contributed by atoms with Crippen LogP contribution in [0.3, 0.4) is 0 Å². The van der Waals surface area contributed by atoms with Gasteiger partial charge in [-0.3, -0.25) is 0 Å². The zero-order chi connectivity index (χ0) is 45.8. The molecule has 0 heterocycles. The minimum absolute atomic E-state index is 0.0220. The van der Waals surface area contributed by atoms with Gasteiger partial charge in [0.2, 0.25) is 0 Å². The van der Waals surface area contributed by atoms with Crippen LogP contribution in [0.1, 0.15) is 71.1 Å². The summed E-state index contributed by atoms with van der Waals surface area (Å²) in [6, 6.07) is 0. The third-order valence-corrected chi connectivity index (χ3v) is 8.83. The fraction of sp³-hybridized carbons (Fsp3) is 1.00. The molecule has 0 atom stereocenters. The predicted molar refractivity (Wildman–Crippen MR) is 243 cm³/mol. The van der Waals surface area contributed by atoms with Gasteiger partial charge in [0.1, 0.15) is 0 Å². The van der Waals surface area contributed by atoms with Crippen LogP contribution in [-0.4, -0.2) is 236 Å². The van der Waals surface area contributed by atoms with Crippen LogP contribution in [0, 0.1) is 0 Å². The molecule has 1 N–H and O–H groups in total. The van der Waals surface area contributed by atoms with Gasteiger partial charge >= 0.3 is 0 Å².